The molecule has 0 amide bonds. The molecule has 0 aromatic carbocycles. The quantitative estimate of drug-likeness (QED) is 0.531. The van der Waals surface area contributed by atoms with Crippen molar-refractivity contribution in [2.45, 2.75) is 72.6 Å². The molecule has 0 aromatic heterocycles. The molecule has 92 valence electrons. The van der Waals surface area contributed by atoms with Crippen LogP contribution in [-0.4, -0.2) is 13.1 Å². The molecule has 0 atom stereocenters. The molecule has 0 unspecified atom stereocenters. The summed E-state index contributed by atoms with van der Waals surface area (Å²) in [5, 5.41) is 3.59. The summed E-state index contributed by atoms with van der Waals surface area (Å²) in [6.45, 7) is 11.7. The maximum absolute atomic E-state index is 3.59. The first kappa shape index (κ1) is 15.0. The second kappa shape index (κ2) is 9.21. The van der Waals surface area contributed by atoms with Crippen LogP contribution in [0.25, 0.3) is 0 Å². The minimum atomic E-state index is 0.487. The topological polar surface area (TPSA) is 12.0 Å². The summed E-state index contributed by atoms with van der Waals surface area (Å²) in [5.41, 5.74) is 0.487. The van der Waals surface area contributed by atoms with E-state index in [1.165, 1.54) is 58.0 Å². The SMILES string of the molecule is CCCCCNCC(C)(C)CCCCC. The van der Waals surface area contributed by atoms with Gasteiger partial charge in [0.25, 0.3) is 0 Å². The van der Waals surface area contributed by atoms with Crippen LogP contribution >= 0.6 is 0 Å². The first-order valence-electron chi connectivity index (χ1n) is 6.83. The molecule has 0 radical (unpaired) electrons. The van der Waals surface area contributed by atoms with Crippen molar-refractivity contribution in [1.82, 2.24) is 5.32 Å². The van der Waals surface area contributed by atoms with Crippen molar-refractivity contribution in [3.05, 3.63) is 0 Å². The number of nitrogens with one attached hydrogen (secondary N) is 1. The van der Waals surface area contributed by atoms with Crippen LogP contribution in [-0.2, 0) is 0 Å². The van der Waals surface area contributed by atoms with Gasteiger partial charge in [-0.25, -0.2) is 0 Å². The number of unbranched alkanes of at least 4 members (excludes halogenated alkanes) is 4. The van der Waals surface area contributed by atoms with Gasteiger partial charge in [-0.3, -0.25) is 0 Å². The highest BCUT2D eigenvalue weighted by atomic mass is 14.9. The number of hydrogen-bond acceptors (Lipinski definition) is 1. The van der Waals surface area contributed by atoms with E-state index in [4.69, 9.17) is 0 Å². The molecular weight excluding hydrogens is 182 g/mol. The van der Waals surface area contributed by atoms with Crippen LogP contribution in [0.5, 0.6) is 0 Å². The molecule has 0 rings (SSSR count). The summed E-state index contributed by atoms with van der Waals surface area (Å²) in [7, 11) is 0. The summed E-state index contributed by atoms with van der Waals surface area (Å²) in [6.07, 6.45) is 9.49. The maximum atomic E-state index is 3.59. The maximum Gasteiger partial charge on any atom is 0.000252 e. The van der Waals surface area contributed by atoms with Crippen LogP contribution in [0.4, 0.5) is 0 Å². The third kappa shape index (κ3) is 10.2. The molecule has 0 spiro atoms. The summed E-state index contributed by atoms with van der Waals surface area (Å²) in [4.78, 5) is 0. The van der Waals surface area contributed by atoms with Crippen molar-refractivity contribution >= 4 is 0 Å². The summed E-state index contributed by atoms with van der Waals surface area (Å²) in [6, 6.07) is 0. The van der Waals surface area contributed by atoms with Crippen LogP contribution in [0.3, 0.4) is 0 Å². The molecule has 15 heavy (non-hydrogen) atoms. The molecule has 1 heteroatoms. The fourth-order valence-corrected chi connectivity index (χ4v) is 1.87. The Morgan fingerprint density at radius 2 is 1.47 bits per heavy atom. The van der Waals surface area contributed by atoms with Gasteiger partial charge in [0.1, 0.15) is 0 Å². The highest BCUT2D eigenvalue weighted by Crippen LogP contribution is 2.22. The van der Waals surface area contributed by atoms with Gasteiger partial charge in [0.15, 0.2) is 0 Å². The predicted molar refractivity (Wildman–Crippen MR) is 70.3 cm³/mol. The zero-order valence-corrected chi connectivity index (χ0v) is 11.4. The summed E-state index contributed by atoms with van der Waals surface area (Å²) >= 11 is 0. The molecule has 1 N–H and O–H groups in total. The van der Waals surface area contributed by atoms with Crippen molar-refractivity contribution in [1.29, 1.82) is 0 Å². The lowest BCUT2D eigenvalue weighted by Crippen LogP contribution is -2.30. The van der Waals surface area contributed by atoms with Gasteiger partial charge in [0.2, 0.25) is 0 Å². The molecular formula is C14H31N. The highest BCUT2D eigenvalue weighted by molar-refractivity contribution is 4.71. The zero-order valence-electron chi connectivity index (χ0n) is 11.4. The Kier molecular flexibility index (Phi) is 9.18. The minimum absolute atomic E-state index is 0.487. The van der Waals surface area contributed by atoms with Crippen molar-refractivity contribution in [3.8, 4) is 0 Å². The van der Waals surface area contributed by atoms with Gasteiger partial charge in [-0.2, -0.15) is 0 Å². The smallest absolute Gasteiger partial charge is 0.000252 e. The van der Waals surface area contributed by atoms with Gasteiger partial charge in [-0.1, -0.05) is 59.8 Å². The van der Waals surface area contributed by atoms with Crippen LogP contribution < -0.4 is 5.32 Å². The van der Waals surface area contributed by atoms with E-state index in [1.807, 2.05) is 0 Å². The Hall–Kier alpha value is -0.0400. The van der Waals surface area contributed by atoms with E-state index >= 15 is 0 Å². The van der Waals surface area contributed by atoms with Gasteiger partial charge < -0.3 is 5.32 Å². The first-order chi connectivity index (χ1) is 7.12. The monoisotopic (exact) mass is 213 g/mol. The molecule has 1 nitrogen and oxygen atoms in total. The van der Waals surface area contributed by atoms with Gasteiger partial charge in [-0.05, 0) is 24.8 Å². The average Bonchev–Trinajstić information content (AvgIpc) is 2.17. The lowest BCUT2D eigenvalue weighted by atomic mass is 9.87. The zero-order chi connectivity index (χ0) is 11.6. The van der Waals surface area contributed by atoms with E-state index in [2.05, 4.69) is 33.0 Å². The Balaban J connectivity index is 3.38. The number of rotatable bonds is 10. The molecule has 0 saturated carbocycles. The highest BCUT2D eigenvalue weighted by Gasteiger charge is 2.15. The van der Waals surface area contributed by atoms with Gasteiger partial charge in [0, 0.05) is 6.54 Å². The van der Waals surface area contributed by atoms with E-state index in [-0.39, 0.29) is 0 Å². The largest absolute Gasteiger partial charge is 0.316 e. The third-order valence-electron chi connectivity index (χ3n) is 3.02. The van der Waals surface area contributed by atoms with Gasteiger partial charge >= 0.3 is 0 Å². The molecule has 0 saturated heterocycles. The lowest BCUT2D eigenvalue weighted by molar-refractivity contribution is 0.302. The minimum Gasteiger partial charge on any atom is -0.316 e. The van der Waals surface area contributed by atoms with E-state index in [1.54, 1.807) is 0 Å². The Bertz CT molecular complexity index is 129. The van der Waals surface area contributed by atoms with E-state index in [0.29, 0.717) is 5.41 Å². The van der Waals surface area contributed by atoms with E-state index in [0.717, 1.165) is 0 Å². The summed E-state index contributed by atoms with van der Waals surface area (Å²) in [5.74, 6) is 0. The normalized spacial score (nSPS) is 12.0. The molecule has 0 fully saturated rings. The molecule has 0 aromatic rings. The van der Waals surface area contributed by atoms with Crippen LogP contribution in [0, 0.1) is 5.41 Å². The number of hydrogen-bond donors (Lipinski definition) is 1. The fourth-order valence-electron chi connectivity index (χ4n) is 1.87. The second-order valence-corrected chi connectivity index (χ2v) is 5.51. The molecule has 0 heterocycles. The van der Waals surface area contributed by atoms with Crippen LogP contribution in [0.1, 0.15) is 72.6 Å². The summed E-state index contributed by atoms with van der Waals surface area (Å²) < 4.78 is 0. The van der Waals surface area contributed by atoms with Crippen molar-refractivity contribution in [2.24, 2.45) is 5.41 Å². The van der Waals surface area contributed by atoms with Gasteiger partial charge in [-0.15, -0.1) is 0 Å². The first-order valence-corrected chi connectivity index (χ1v) is 6.83. The molecule has 0 aliphatic heterocycles. The van der Waals surface area contributed by atoms with Crippen molar-refractivity contribution in [2.75, 3.05) is 13.1 Å². The van der Waals surface area contributed by atoms with Gasteiger partial charge in [0.05, 0.1) is 0 Å². The van der Waals surface area contributed by atoms with E-state index < -0.39 is 0 Å². The Labute approximate surface area is 97.0 Å². The van der Waals surface area contributed by atoms with Crippen molar-refractivity contribution in [3.63, 3.8) is 0 Å². The lowest BCUT2D eigenvalue weighted by Gasteiger charge is -2.25. The van der Waals surface area contributed by atoms with Crippen LogP contribution in [0.15, 0.2) is 0 Å². The molecule has 0 aliphatic carbocycles. The molecule has 0 bridgehead atoms. The fraction of sp³-hybridized carbons (Fsp3) is 1.00. The van der Waals surface area contributed by atoms with Crippen LogP contribution in [0.2, 0.25) is 0 Å². The Morgan fingerprint density at radius 3 is 2.07 bits per heavy atom. The third-order valence-corrected chi connectivity index (χ3v) is 3.02. The second-order valence-electron chi connectivity index (χ2n) is 5.51. The Morgan fingerprint density at radius 1 is 0.867 bits per heavy atom. The molecule has 0 aliphatic rings. The van der Waals surface area contributed by atoms with E-state index in [9.17, 15) is 0 Å². The standard InChI is InChI=1S/C14H31N/c1-5-7-9-11-14(3,4)13-15-12-10-8-6-2/h15H,5-13H2,1-4H3. The van der Waals surface area contributed by atoms with Crippen molar-refractivity contribution < 1.29 is 0 Å². The average molecular weight is 213 g/mol. The predicted octanol–water partition coefficient (Wildman–Crippen LogP) is 4.37.